The molecule has 0 amide bonds. The monoisotopic (exact) mass is 270 g/mol. The van der Waals surface area contributed by atoms with Crippen LogP contribution in [0.25, 0.3) is 0 Å². The fourth-order valence-electron chi connectivity index (χ4n) is 2.66. The Morgan fingerprint density at radius 2 is 1.58 bits per heavy atom. The Morgan fingerprint density at radius 3 is 2.11 bits per heavy atom. The summed E-state index contributed by atoms with van der Waals surface area (Å²) in [5, 5.41) is 0. The fraction of sp³-hybridized carbons (Fsp3) is 1.00. The van der Waals surface area contributed by atoms with E-state index in [1.807, 2.05) is 0 Å². The molecule has 0 heterocycles. The maximum absolute atomic E-state index is 5.75. The third-order valence-electron chi connectivity index (χ3n) is 3.70. The summed E-state index contributed by atoms with van der Waals surface area (Å²) < 4.78 is 5.75. The summed E-state index contributed by atoms with van der Waals surface area (Å²) in [6.07, 6.45) is 11.2. The van der Waals surface area contributed by atoms with E-state index in [1.54, 1.807) is 0 Å². The van der Waals surface area contributed by atoms with Gasteiger partial charge in [0.1, 0.15) is 0 Å². The molecule has 0 bridgehead atoms. The lowest BCUT2D eigenvalue weighted by Crippen LogP contribution is -2.15. The van der Waals surface area contributed by atoms with Gasteiger partial charge in [0.05, 0.1) is 0 Å². The van der Waals surface area contributed by atoms with Crippen molar-refractivity contribution in [3.63, 3.8) is 0 Å². The van der Waals surface area contributed by atoms with Gasteiger partial charge < -0.3 is 4.74 Å². The molecule has 19 heavy (non-hydrogen) atoms. The lowest BCUT2D eigenvalue weighted by Gasteiger charge is -2.24. The predicted octanol–water partition coefficient (Wildman–Crippen LogP) is 6.07. The van der Waals surface area contributed by atoms with Crippen LogP contribution in [0.5, 0.6) is 0 Å². The van der Waals surface area contributed by atoms with Crippen LogP contribution < -0.4 is 0 Å². The quantitative estimate of drug-likeness (QED) is 0.510. The molecule has 0 radical (unpaired) electrons. The summed E-state index contributed by atoms with van der Waals surface area (Å²) in [5.41, 5.74) is 0. The Bertz CT molecular complexity index is 171. The first-order valence-electron chi connectivity index (χ1n) is 8.67. The normalized spacial score (nSPS) is 18.0. The van der Waals surface area contributed by atoms with Crippen LogP contribution in [0.4, 0.5) is 0 Å². The molecule has 0 spiro atoms. The van der Waals surface area contributed by atoms with Crippen LogP contribution in [-0.4, -0.2) is 13.2 Å². The molecule has 1 aliphatic rings. The zero-order chi connectivity index (χ0) is 14.5. The summed E-state index contributed by atoms with van der Waals surface area (Å²) in [5.74, 6) is 2.53. The van der Waals surface area contributed by atoms with Crippen molar-refractivity contribution in [3.05, 3.63) is 0 Å². The van der Waals surface area contributed by atoms with Gasteiger partial charge in [-0.2, -0.15) is 0 Å². The summed E-state index contributed by atoms with van der Waals surface area (Å²) in [7, 11) is 0. The molecule has 1 rings (SSSR count). The Hall–Kier alpha value is -0.0400. The van der Waals surface area contributed by atoms with Gasteiger partial charge in [-0.3, -0.25) is 0 Å². The first-order valence-corrected chi connectivity index (χ1v) is 8.67. The second-order valence-corrected chi connectivity index (χ2v) is 6.81. The van der Waals surface area contributed by atoms with E-state index in [9.17, 15) is 0 Å². The molecular weight excluding hydrogens is 232 g/mol. The van der Waals surface area contributed by atoms with Gasteiger partial charge >= 0.3 is 0 Å². The summed E-state index contributed by atoms with van der Waals surface area (Å²) in [4.78, 5) is 0. The van der Waals surface area contributed by atoms with Crippen molar-refractivity contribution in [1.82, 2.24) is 0 Å². The molecule has 0 saturated heterocycles. The molecular formula is C18H38O. The second-order valence-electron chi connectivity index (χ2n) is 6.81. The van der Waals surface area contributed by atoms with Crippen molar-refractivity contribution in [2.75, 3.05) is 13.2 Å². The van der Waals surface area contributed by atoms with Crippen molar-refractivity contribution in [3.8, 4) is 0 Å². The summed E-state index contributed by atoms with van der Waals surface area (Å²) >= 11 is 0. The van der Waals surface area contributed by atoms with E-state index >= 15 is 0 Å². The van der Waals surface area contributed by atoms with Crippen molar-refractivity contribution in [2.45, 2.75) is 86.0 Å². The van der Waals surface area contributed by atoms with E-state index in [1.165, 1.54) is 51.4 Å². The number of ether oxygens (including phenoxy) is 1. The molecule has 1 atom stereocenters. The van der Waals surface area contributed by atoms with Crippen LogP contribution in [0.2, 0.25) is 0 Å². The van der Waals surface area contributed by atoms with Gasteiger partial charge in [-0.15, -0.1) is 0 Å². The third-order valence-corrected chi connectivity index (χ3v) is 3.70. The third kappa shape index (κ3) is 12.7. The molecule has 1 aliphatic carbocycles. The molecule has 0 aliphatic heterocycles. The summed E-state index contributed by atoms with van der Waals surface area (Å²) in [6, 6.07) is 0. The predicted molar refractivity (Wildman–Crippen MR) is 86.6 cm³/mol. The van der Waals surface area contributed by atoms with Gasteiger partial charge in [0.15, 0.2) is 0 Å². The highest BCUT2D eigenvalue weighted by Crippen LogP contribution is 2.29. The minimum atomic E-state index is 0.760. The van der Waals surface area contributed by atoms with E-state index in [4.69, 9.17) is 4.74 Å². The van der Waals surface area contributed by atoms with Crippen LogP contribution in [0.15, 0.2) is 0 Å². The largest absolute Gasteiger partial charge is 0.381 e. The van der Waals surface area contributed by atoms with E-state index in [0.717, 1.165) is 31.0 Å². The topological polar surface area (TPSA) is 9.23 Å². The minimum absolute atomic E-state index is 0.760. The number of hydrogen-bond acceptors (Lipinski definition) is 1. The van der Waals surface area contributed by atoms with E-state index in [0.29, 0.717) is 0 Å². The van der Waals surface area contributed by atoms with Crippen LogP contribution in [0.1, 0.15) is 86.0 Å². The first-order chi connectivity index (χ1) is 9.10. The van der Waals surface area contributed by atoms with Gasteiger partial charge in [-0.1, -0.05) is 73.1 Å². The molecule has 1 nitrogen and oxygen atoms in total. The maximum atomic E-state index is 5.75. The molecule has 0 aromatic heterocycles. The van der Waals surface area contributed by atoms with Gasteiger partial charge in [-0.25, -0.2) is 0 Å². The number of rotatable bonds is 7. The second kappa shape index (κ2) is 13.0. The van der Waals surface area contributed by atoms with Gasteiger partial charge in [0.2, 0.25) is 0 Å². The standard InChI is InChI=1S/C15H30O.C3H8/c1-13(2)9-10-16-12-14(3)11-15-7-5-4-6-8-15;1-3-2/h13-15H,4-12H2,1-3H3;3H2,1-2H3. The molecule has 116 valence electrons. The average molecular weight is 271 g/mol. The van der Waals surface area contributed by atoms with Crippen molar-refractivity contribution >= 4 is 0 Å². The molecule has 0 N–H and O–H groups in total. The molecule has 1 heteroatoms. The number of hydrogen-bond donors (Lipinski definition) is 0. The highest BCUT2D eigenvalue weighted by Gasteiger charge is 2.16. The van der Waals surface area contributed by atoms with Crippen molar-refractivity contribution in [2.24, 2.45) is 17.8 Å². The van der Waals surface area contributed by atoms with Crippen LogP contribution in [0.3, 0.4) is 0 Å². The summed E-state index contributed by atoms with van der Waals surface area (Å²) in [6.45, 7) is 13.0. The highest BCUT2D eigenvalue weighted by molar-refractivity contribution is 4.68. The smallest absolute Gasteiger partial charge is 0.0491 e. The van der Waals surface area contributed by atoms with E-state index in [-0.39, 0.29) is 0 Å². The van der Waals surface area contributed by atoms with Gasteiger partial charge in [-0.05, 0) is 30.6 Å². The SMILES string of the molecule is CC(C)CCOCC(C)CC1CCCCC1.CCC. The average Bonchev–Trinajstić information content (AvgIpc) is 2.37. The van der Waals surface area contributed by atoms with Gasteiger partial charge in [0.25, 0.3) is 0 Å². The lowest BCUT2D eigenvalue weighted by atomic mass is 9.83. The maximum Gasteiger partial charge on any atom is 0.0491 e. The van der Waals surface area contributed by atoms with Crippen LogP contribution in [0, 0.1) is 17.8 Å². The molecule has 1 saturated carbocycles. The molecule has 1 unspecified atom stereocenters. The van der Waals surface area contributed by atoms with E-state index in [2.05, 4.69) is 34.6 Å². The highest BCUT2D eigenvalue weighted by atomic mass is 16.5. The zero-order valence-corrected chi connectivity index (χ0v) is 14.2. The fourth-order valence-corrected chi connectivity index (χ4v) is 2.66. The Balaban J connectivity index is 0.000000982. The lowest BCUT2D eigenvalue weighted by molar-refractivity contribution is 0.0853. The van der Waals surface area contributed by atoms with Crippen LogP contribution in [-0.2, 0) is 4.74 Å². The molecule has 0 aromatic carbocycles. The molecule has 1 fully saturated rings. The Morgan fingerprint density at radius 1 is 1.00 bits per heavy atom. The van der Waals surface area contributed by atoms with Gasteiger partial charge in [0, 0.05) is 13.2 Å². The Kier molecular flexibility index (Phi) is 12.9. The van der Waals surface area contributed by atoms with Crippen molar-refractivity contribution < 1.29 is 4.74 Å². The Labute approximate surface area is 122 Å². The van der Waals surface area contributed by atoms with Crippen LogP contribution >= 0.6 is 0 Å². The minimum Gasteiger partial charge on any atom is -0.381 e. The molecule has 0 aromatic rings. The zero-order valence-electron chi connectivity index (χ0n) is 14.2. The van der Waals surface area contributed by atoms with E-state index < -0.39 is 0 Å². The van der Waals surface area contributed by atoms with Crippen molar-refractivity contribution in [1.29, 1.82) is 0 Å². The first kappa shape index (κ1) is 19.0.